The van der Waals surface area contributed by atoms with Gasteiger partial charge in [-0.2, -0.15) is 0 Å². The number of rotatable bonds is 2. The first-order valence-corrected chi connectivity index (χ1v) is 6.92. The highest BCUT2D eigenvalue weighted by atomic mass is 16.5. The number of ether oxygens (including phenoxy) is 1. The van der Waals surface area contributed by atoms with E-state index in [9.17, 15) is 4.79 Å². The fourth-order valence-corrected chi connectivity index (χ4v) is 2.91. The molecule has 2 aromatic heterocycles. The molecule has 0 aliphatic heterocycles. The molecule has 0 fully saturated rings. The van der Waals surface area contributed by atoms with Crippen LogP contribution in [0.4, 0.5) is 0 Å². The number of pyridine rings is 2. The second kappa shape index (κ2) is 4.77. The van der Waals surface area contributed by atoms with Crippen LogP contribution in [0.1, 0.15) is 15.9 Å². The van der Waals surface area contributed by atoms with Crippen LogP contribution in [0.2, 0.25) is 0 Å². The van der Waals surface area contributed by atoms with E-state index in [1.807, 2.05) is 24.3 Å². The number of ketones is 1. The van der Waals surface area contributed by atoms with Crippen molar-refractivity contribution in [3.8, 4) is 28.1 Å². The minimum absolute atomic E-state index is 0.0177. The Morgan fingerprint density at radius 1 is 0.955 bits per heavy atom. The van der Waals surface area contributed by atoms with Gasteiger partial charge in [-0.15, -0.1) is 0 Å². The third-order valence-corrected chi connectivity index (χ3v) is 3.88. The molecule has 1 aromatic carbocycles. The number of benzene rings is 1. The normalized spacial score (nSPS) is 12.0. The van der Waals surface area contributed by atoms with Crippen LogP contribution in [0.5, 0.6) is 5.75 Å². The minimum atomic E-state index is -0.0177. The van der Waals surface area contributed by atoms with Crippen molar-refractivity contribution in [1.29, 1.82) is 0 Å². The van der Waals surface area contributed by atoms with E-state index in [2.05, 4.69) is 9.97 Å². The summed E-state index contributed by atoms with van der Waals surface area (Å²) in [4.78, 5) is 21.4. The number of carbonyl (C=O) groups excluding carboxylic acids is 1. The summed E-state index contributed by atoms with van der Waals surface area (Å²) < 4.78 is 5.45. The van der Waals surface area contributed by atoms with Crippen LogP contribution in [0.25, 0.3) is 22.4 Å². The van der Waals surface area contributed by atoms with Crippen molar-refractivity contribution in [3.05, 3.63) is 66.1 Å². The second-order valence-electron chi connectivity index (χ2n) is 5.04. The summed E-state index contributed by atoms with van der Waals surface area (Å²) in [5.41, 5.74) is 4.47. The second-order valence-corrected chi connectivity index (χ2v) is 5.04. The summed E-state index contributed by atoms with van der Waals surface area (Å²) in [6, 6.07) is 11.2. The molecular weight excluding hydrogens is 276 g/mol. The van der Waals surface area contributed by atoms with Gasteiger partial charge in [-0.25, -0.2) is 0 Å². The van der Waals surface area contributed by atoms with Crippen LogP contribution in [0.3, 0.4) is 0 Å². The lowest BCUT2D eigenvalue weighted by molar-refractivity contribution is 0.104. The minimum Gasteiger partial charge on any atom is -0.496 e. The Balaban J connectivity index is 2.07. The van der Waals surface area contributed by atoms with Crippen LogP contribution in [-0.2, 0) is 0 Å². The van der Waals surface area contributed by atoms with Gasteiger partial charge < -0.3 is 4.74 Å². The standard InChI is InChI=1S/C18H12N2O2/c1-22-14-7-6-12(11-4-2-8-19-10-11)15-16(14)17-13(18(15)21)5-3-9-20-17/h2-10H,1H3. The Bertz CT molecular complexity index is 889. The van der Waals surface area contributed by atoms with Gasteiger partial charge in [-0.05, 0) is 35.9 Å². The molecule has 2 heterocycles. The van der Waals surface area contributed by atoms with Crippen LogP contribution in [-0.4, -0.2) is 22.9 Å². The Morgan fingerprint density at radius 3 is 2.59 bits per heavy atom. The third kappa shape index (κ3) is 1.67. The van der Waals surface area contributed by atoms with Crippen LogP contribution < -0.4 is 4.74 Å². The Morgan fingerprint density at radius 2 is 1.82 bits per heavy atom. The average Bonchev–Trinajstić information content (AvgIpc) is 2.89. The molecule has 0 radical (unpaired) electrons. The van der Waals surface area contributed by atoms with Crippen LogP contribution >= 0.6 is 0 Å². The predicted octanol–water partition coefficient (Wildman–Crippen LogP) is 3.36. The van der Waals surface area contributed by atoms with E-state index >= 15 is 0 Å². The lowest BCUT2D eigenvalue weighted by Crippen LogP contribution is -1.99. The first-order chi connectivity index (χ1) is 10.8. The monoisotopic (exact) mass is 288 g/mol. The van der Waals surface area contributed by atoms with E-state index in [4.69, 9.17) is 4.74 Å². The summed E-state index contributed by atoms with van der Waals surface area (Å²) >= 11 is 0. The molecule has 1 aliphatic carbocycles. The molecule has 1 aliphatic rings. The highest BCUT2D eigenvalue weighted by Crippen LogP contribution is 2.45. The molecule has 0 bridgehead atoms. The topological polar surface area (TPSA) is 52.1 Å². The number of methoxy groups -OCH3 is 1. The molecule has 22 heavy (non-hydrogen) atoms. The molecule has 4 rings (SSSR count). The lowest BCUT2D eigenvalue weighted by atomic mass is 9.96. The number of hydrogen-bond acceptors (Lipinski definition) is 4. The zero-order chi connectivity index (χ0) is 15.1. The summed E-state index contributed by atoms with van der Waals surface area (Å²) in [7, 11) is 1.60. The van der Waals surface area contributed by atoms with E-state index < -0.39 is 0 Å². The number of fused-ring (bicyclic) bond motifs is 3. The molecule has 0 atom stereocenters. The van der Waals surface area contributed by atoms with Crippen LogP contribution in [0.15, 0.2) is 55.0 Å². The first-order valence-electron chi connectivity index (χ1n) is 6.92. The van der Waals surface area contributed by atoms with Crippen molar-refractivity contribution in [2.24, 2.45) is 0 Å². The van der Waals surface area contributed by atoms with Gasteiger partial charge in [0.15, 0.2) is 5.78 Å². The third-order valence-electron chi connectivity index (χ3n) is 3.88. The molecule has 0 saturated carbocycles. The maximum atomic E-state index is 12.8. The number of aromatic nitrogens is 2. The Kier molecular flexibility index (Phi) is 2.76. The van der Waals surface area contributed by atoms with E-state index in [1.165, 1.54) is 0 Å². The zero-order valence-electron chi connectivity index (χ0n) is 11.9. The smallest absolute Gasteiger partial charge is 0.196 e. The molecule has 106 valence electrons. The Labute approximate surface area is 127 Å². The molecule has 0 unspecified atom stereocenters. The summed E-state index contributed by atoms with van der Waals surface area (Å²) in [5, 5.41) is 0. The van der Waals surface area contributed by atoms with E-state index in [-0.39, 0.29) is 5.78 Å². The van der Waals surface area contributed by atoms with Crippen molar-refractivity contribution < 1.29 is 9.53 Å². The van der Waals surface area contributed by atoms with Crippen molar-refractivity contribution in [1.82, 2.24) is 9.97 Å². The molecule has 3 aromatic rings. The molecule has 4 heteroatoms. The zero-order valence-corrected chi connectivity index (χ0v) is 11.9. The fraction of sp³-hybridized carbons (Fsp3) is 0.0556. The summed E-state index contributed by atoms with van der Waals surface area (Å²) in [5.74, 6) is 0.643. The quantitative estimate of drug-likeness (QED) is 0.567. The molecule has 0 amide bonds. The average molecular weight is 288 g/mol. The van der Waals surface area contributed by atoms with Gasteiger partial charge in [0.25, 0.3) is 0 Å². The highest BCUT2D eigenvalue weighted by Gasteiger charge is 2.33. The predicted molar refractivity (Wildman–Crippen MR) is 82.9 cm³/mol. The van der Waals surface area contributed by atoms with Crippen molar-refractivity contribution in [2.75, 3.05) is 7.11 Å². The van der Waals surface area contributed by atoms with E-state index in [0.717, 1.165) is 16.7 Å². The van der Waals surface area contributed by atoms with Crippen LogP contribution in [0, 0.1) is 0 Å². The van der Waals surface area contributed by atoms with Gasteiger partial charge >= 0.3 is 0 Å². The fourth-order valence-electron chi connectivity index (χ4n) is 2.91. The molecule has 0 spiro atoms. The largest absolute Gasteiger partial charge is 0.496 e. The molecule has 4 nitrogen and oxygen atoms in total. The van der Waals surface area contributed by atoms with Gasteiger partial charge in [-0.1, -0.05) is 6.07 Å². The SMILES string of the molecule is COc1ccc(-c2cccnc2)c2c1-c1ncccc1C2=O. The van der Waals surface area contributed by atoms with E-state index in [0.29, 0.717) is 22.6 Å². The maximum Gasteiger partial charge on any atom is 0.196 e. The van der Waals surface area contributed by atoms with Crippen molar-refractivity contribution >= 4 is 5.78 Å². The summed E-state index contributed by atoms with van der Waals surface area (Å²) in [6.07, 6.45) is 5.16. The van der Waals surface area contributed by atoms with Crippen molar-refractivity contribution in [2.45, 2.75) is 0 Å². The lowest BCUT2D eigenvalue weighted by Gasteiger charge is -2.11. The molecule has 0 N–H and O–H groups in total. The summed E-state index contributed by atoms with van der Waals surface area (Å²) in [6.45, 7) is 0. The molecular formula is C18H12N2O2. The number of carbonyl (C=O) groups is 1. The first kappa shape index (κ1) is 12.7. The van der Waals surface area contributed by atoms with E-state index in [1.54, 1.807) is 37.8 Å². The Hall–Kier alpha value is -3.01. The van der Waals surface area contributed by atoms with Gasteiger partial charge in [-0.3, -0.25) is 14.8 Å². The number of hydrogen-bond donors (Lipinski definition) is 0. The highest BCUT2D eigenvalue weighted by molar-refractivity contribution is 6.24. The van der Waals surface area contributed by atoms with Gasteiger partial charge in [0, 0.05) is 35.3 Å². The number of nitrogens with zero attached hydrogens (tertiary/aromatic N) is 2. The van der Waals surface area contributed by atoms with Gasteiger partial charge in [0.1, 0.15) is 5.75 Å². The maximum absolute atomic E-state index is 12.8. The van der Waals surface area contributed by atoms with Crippen molar-refractivity contribution in [3.63, 3.8) is 0 Å². The van der Waals surface area contributed by atoms with Gasteiger partial charge in [0.05, 0.1) is 18.4 Å². The van der Waals surface area contributed by atoms with Gasteiger partial charge in [0.2, 0.25) is 0 Å². The molecule has 0 saturated heterocycles.